The molecule has 0 N–H and O–H groups in total. The molecule has 0 amide bonds. The second-order valence-corrected chi connectivity index (χ2v) is 7.39. The van der Waals surface area contributed by atoms with E-state index in [9.17, 15) is 0 Å². The van der Waals surface area contributed by atoms with E-state index in [1.807, 2.05) is 0 Å². The van der Waals surface area contributed by atoms with E-state index in [2.05, 4.69) is 0 Å². The van der Waals surface area contributed by atoms with Gasteiger partial charge in [-0.25, -0.2) is 0 Å². The van der Waals surface area contributed by atoms with Crippen molar-refractivity contribution in [3.8, 4) is 0 Å². The first-order valence-corrected chi connectivity index (χ1v) is 8.46. The molecule has 4 aromatic carbocycles. The summed E-state index contributed by atoms with van der Waals surface area (Å²) in [7, 11) is 0. The molecule has 0 saturated heterocycles. The SMILES string of the molecule is Clc1cc2cc(Cl)c3c(Cl)c(Cl)cc4cc(Cl)c(c1Cl)c2c43. The summed E-state index contributed by atoms with van der Waals surface area (Å²) >= 11 is 38.0. The van der Waals surface area contributed by atoms with Gasteiger partial charge in [-0.05, 0) is 35.0 Å². The number of benzene rings is 4. The fourth-order valence-corrected chi connectivity index (χ4v) is 4.56. The van der Waals surface area contributed by atoms with E-state index in [1.54, 1.807) is 24.3 Å². The number of hydrogen-bond donors (Lipinski definition) is 0. The monoisotopic (exact) mass is 406 g/mol. The summed E-state index contributed by atoms with van der Waals surface area (Å²) in [6.07, 6.45) is 0. The van der Waals surface area contributed by atoms with Crippen LogP contribution in [0.1, 0.15) is 0 Å². The summed E-state index contributed by atoms with van der Waals surface area (Å²) < 4.78 is 0. The Morgan fingerprint density at radius 1 is 0.409 bits per heavy atom. The molecule has 0 saturated carbocycles. The van der Waals surface area contributed by atoms with Crippen LogP contribution in [0.15, 0.2) is 24.3 Å². The molecule has 0 aromatic heterocycles. The van der Waals surface area contributed by atoms with Gasteiger partial charge in [0.15, 0.2) is 0 Å². The van der Waals surface area contributed by atoms with Crippen molar-refractivity contribution in [1.82, 2.24) is 0 Å². The summed E-state index contributed by atoms with van der Waals surface area (Å²) in [5, 5.41) is 7.55. The summed E-state index contributed by atoms with van der Waals surface area (Å²) in [4.78, 5) is 0. The van der Waals surface area contributed by atoms with Crippen molar-refractivity contribution in [3.05, 3.63) is 54.4 Å². The average molecular weight is 409 g/mol. The third kappa shape index (κ3) is 1.92. The van der Waals surface area contributed by atoms with Crippen LogP contribution in [0, 0.1) is 0 Å². The summed E-state index contributed by atoms with van der Waals surface area (Å²) in [5.74, 6) is 0. The highest BCUT2D eigenvalue weighted by molar-refractivity contribution is 6.54. The first kappa shape index (κ1) is 15.2. The van der Waals surface area contributed by atoms with E-state index in [0.717, 1.165) is 21.5 Å². The van der Waals surface area contributed by atoms with E-state index in [-0.39, 0.29) is 0 Å². The fraction of sp³-hybridized carbons (Fsp3) is 0. The predicted molar refractivity (Wildman–Crippen MR) is 100 cm³/mol. The molecule has 0 bridgehead atoms. The van der Waals surface area contributed by atoms with E-state index in [0.29, 0.717) is 40.9 Å². The van der Waals surface area contributed by atoms with Gasteiger partial charge in [0, 0.05) is 21.5 Å². The van der Waals surface area contributed by atoms with Crippen LogP contribution in [0.25, 0.3) is 32.3 Å². The van der Waals surface area contributed by atoms with E-state index in [1.165, 1.54) is 0 Å². The van der Waals surface area contributed by atoms with Crippen molar-refractivity contribution < 1.29 is 0 Å². The van der Waals surface area contributed by atoms with E-state index < -0.39 is 0 Å². The minimum atomic E-state index is 0.413. The molecule has 0 nitrogen and oxygen atoms in total. The third-order valence-electron chi connectivity index (χ3n) is 3.79. The summed E-state index contributed by atoms with van der Waals surface area (Å²) in [6, 6.07) is 7.14. The molecule has 22 heavy (non-hydrogen) atoms. The minimum absolute atomic E-state index is 0.413. The normalized spacial score (nSPS) is 12.1. The van der Waals surface area contributed by atoms with E-state index in [4.69, 9.17) is 69.6 Å². The molecule has 0 aliphatic carbocycles. The van der Waals surface area contributed by atoms with Crippen molar-refractivity contribution in [1.29, 1.82) is 0 Å². The molecule has 0 unspecified atom stereocenters. The van der Waals surface area contributed by atoms with Crippen LogP contribution in [0.4, 0.5) is 0 Å². The zero-order valence-corrected chi connectivity index (χ0v) is 15.1. The maximum atomic E-state index is 6.42. The third-order valence-corrected chi connectivity index (χ3v) is 5.96. The molecule has 110 valence electrons. The largest absolute Gasteiger partial charge is 0.0836 e. The standard InChI is InChI=1S/C16H4Cl6/c17-7-1-5-3-9(19)16(22)14-8(18)2-6-4-10(20)15(21)13(7)12(6)11(5)14/h1-4H. The lowest BCUT2D eigenvalue weighted by atomic mass is 9.94. The highest BCUT2D eigenvalue weighted by atomic mass is 35.5. The molecule has 0 radical (unpaired) electrons. The van der Waals surface area contributed by atoms with Crippen LogP contribution >= 0.6 is 69.6 Å². The second kappa shape index (κ2) is 5.08. The van der Waals surface area contributed by atoms with Crippen LogP contribution in [-0.2, 0) is 0 Å². The van der Waals surface area contributed by atoms with Gasteiger partial charge >= 0.3 is 0 Å². The zero-order valence-electron chi connectivity index (χ0n) is 10.6. The lowest BCUT2D eigenvalue weighted by Gasteiger charge is -2.16. The average Bonchev–Trinajstić information content (AvgIpc) is 2.44. The lowest BCUT2D eigenvalue weighted by Crippen LogP contribution is -1.89. The number of rotatable bonds is 0. The molecule has 4 aromatic rings. The lowest BCUT2D eigenvalue weighted by molar-refractivity contribution is 1.77. The number of halogens is 6. The Kier molecular flexibility index (Phi) is 3.51. The van der Waals surface area contributed by atoms with Crippen LogP contribution in [0.3, 0.4) is 0 Å². The van der Waals surface area contributed by atoms with Crippen LogP contribution in [-0.4, -0.2) is 0 Å². The first-order valence-electron chi connectivity index (χ1n) is 6.19. The fourth-order valence-electron chi connectivity index (χ4n) is 2.92. The van der Waals surface area contributed by atoms with Crippen molar-refractivity contribution >= 4 is 102 Å². The van der Waals surface area contributed by atoms with E-state index >= 15 is 0 Å². The predicted octanol–water partition coefficient (Wildman–Crippen LogP) is 8.50. The van der Waals surface area contributed by atoms with Gasteiger partial charge in [0.05, 0.1) is 30.1 Å². The van der Waals surface area contributed by atoms with Gasteiger partial charge in [-0.15, -0.1) is 0 Å². The Morgan fingerprint density at radius 2 is 0.727 bits per heavy atom. The second-order valence-electron chi connectivity index (χ2n) is 5.01. The molecule has 0 aliphatic heterocycles. The highest BCUT2D eigenvalue weighted by Crippen LogP contribution is 2.49. The summed E-state index contributed by atoms with van der Waals surface area (Å²) in [5.41, 5.74) is 0. The highest BCUT2D eigenvalue weighted by Gasteiger charge is 2.20. The minimum Gasteiger partial charge on any atom is -0.0836 e. The van der Waals surface area contributed by atoms with Crippen molar-refractivity contribution in [3.63, 3.8) is 0 Å². The smallest absolute Gasteiger partial charge is 0.0686 e. The van der Waals surface area contributed by atoms with Gasteiger partial charge in [-0.1, -0.05) is 69.6 Å². The van der Waals surface area contributed by atoms with Gasteiger partial charge in [0.25, 0.3) is 0 Å². The molecule has 0 fully saturated rings. The van der Waals surface area contributed by atoms with Gasteiger partial charge in [-0.2, -0.15) is 0 Å². The zero-order chi connectivity index (χ0) is 15.8. The van der Waals surface area contributed by atoms with Crippen LogP contribution < -0.4 is 0 Å². The van der Waals surface area contributed by atoms with Crippen LogP contribution in [0.2, 0.25) is 30.1 Å². The Balaban J connectivity index is 2.49. The molecule has 0 aliphatic rings. The van der Waals surface area contributed by atoms with Gasteiger partial charge in [0.2, 0.25) is 0 Å². The summed E-state index contributed by atoms with van der Waals surface area (Å²) in [6.45, 7) is 0. The van der Waals surface area contributed by atoms with Crippen molar-refractivity contribution in [2.75, 3.05) is 0 Å². The molecule has 0 spiro atoms. The first-order chi connectivity index (χ1) is 10.4. The Bertz CT molecular complexity index is 996. The number of hydrogen-bond acceptors (Lipinski definition) is 0. The molecular weight excluding hydrogens is 405 g/mol. The van der Waals surface area contributed by atoms with Gasteiger partial charge < -0.3 is 0 Å². The topological polar surface area (TPSA) is 0 Å². The molecular formula is C16H4Cl6. The Labute approximate surface area is 155 Å². The molecule has 6 heteroatoms. The Hall–Kier alpha value is -0.340. The van der Waals surface area contributed by atoms with Gasteiger partial charge in [0.1, 0.15) is 0 Å². The maximum Gasteiger partial charge on any atom is 0.0686 e. The van der Waals surface area contributed by atoms with Crippen LogP contribution in [0.5, 0.6) is 0 Å². The Morgan fingerprint density at radius 3 is 1.09 bits per heavy atom. The van der Waals surface area contributed by atoms with Crippen molar-refractivity contribution in [2.45, 2.75) is 0 Å². The van der Waals surface area contributed by atoms with Gasteiger partial charge in [-0.3, -0.25) is 0 Å². The molecule has 4 rings (SSSR count). The molecule has 0 atom stereocenters. The molecule has 0 heterocycles. The maximum absolute atomic E-state index is 6.42. The quantitative estimate of drug-likeness (QED) is 0.256. The van der Waals surface area contributed by atoms with Crippen molar-refractivity contribution in [2.24, 2.45) is 0 Å².